The Morgan fingerprint density at radius 1 is 1.58 bits per heavy atom. The van der Waals surface area contributed by atoms with Crippen molar-refractivity contribution in [2.75, 3.05) is 0 Å². The summed E-state index contributed by atoms with van der Waals surface area (Å²) in [6.07, 6.45) is 2.63. The molecule has 3 unspecified atom stereocenters. The van der Waals surface area contributed by atoms with E-state index in [1.807, 2.05) is 0 Å². The summed E-state index contributed by atoms with van der Waals surface area (Å²) in [5.74, 6) is -0.811. The van der Waals surface area contributed by atoms with Crippen LogP contribution in [0.2, 0.25) is 0 Å². The van der Waals surface area contributed by atoms with E-state index < -0.39 is 11.4 Å². The molecule has 3 heteroatoms. The number of carboxylic acid groups (broad SMARTS) is 1. The highest BCUT2D eigenvalue weighted by atomic mass is 16.4. The quantitative estimate of drug-likeness (QED) is 0.596. The van der Waals surface area contributed by atoms with Gasteiger partial charge in [-0.3, -0.25) is 9.59 Å². The third-order valence-corrected chi connectivity index (χ3v) is 3.58. The first-order valence-corrected chi connectivity index (χ1v) is 4.34. The molecular formula is C9H12O3. The van der Waals surface area contributed by atoms with Gasteiger partial charge in [-0.25, -0.2) is 0 Å². The fourth-order valence-electron chi connectivity index (χ4n) is 2.65. The van der Waals surface area contributed by atoms with Crippen LogP contribution in [0.3, 0.4) is 0 Å². The lowest BCUT2D eigenvalue weighted by atomic mass is 9.74. The van der Waals surface area contributed by atoms with E-state index in [4.69, 9.17) is 5.11 Å². The van der Waals surface area contributed by atoms with Gasteiger partial charge in [-0.1, -0.05) is 0 Å². The van der Waals surface area contributed by atoms with Crippen LogP contribution in [-0.4, -0.2) is 16.9 Å². The number of ketones is 1. The molecule has 12 heavy (non-hydrogen) atoms. The van der Waals surface area contributed by atoms with E-state index in [1.165, 1.54) is 0 Å². The summed E-state index contributed by atoms with van der Waals surface area (Å²) in [6.45, 7) is 1.58. The second-order valence-corrected chi connectivity index (χ2v) is 4.08. The van der Waals surface area contributed by atoms with Gasteiger partial charge in [-0.15, -0.1) is 0 Å². The number of hydrogen-bond donors (Lipinski definition) is 1. The number of carbonyl (C=O) groups is 2. The van der Waals surface area contributed by atoms with Crippen molar-refractivity contribution in [2.24, 2.45) is 17.3 Å². The highest BCUT2D eigenvalue weighted by Crippen LogP contribution is 2.53. The van der Waals surface area contributed by atoms with Crippen molar-refractivity contribution in [1.82, 2.24) is 0 Å². The Balaban J connectivity index is 2.39. The summed E-state index contributed by atoms with van der Waals surface area (Å²) in [5, 5.41) is 8.94. The predicted octanol–water partition coefficient (Wildman–Crippen LogP) is 1.08. The van der Waals surface area contributed by atoms with Gasteiger partial charge in [0.1, 0.15) is 5.41 Å². The molecule has 2 fully saturated rings. The van der Waals surface area contributed by atoms with Crippen molar-refractivity contribution in [3.8, 4) is 0 Å². The highest BCUT2D eigenvalue weighted by Gasteiger charge is 2.59. The number of fused-ring (bicyclic) bond motifs is 2. The van der Waals surface area contributed by atoms with E-state index in [2.05, 4.69) is 0 Å². The Morgan fingerprint density at radius 3 is 2.58 bits per heavy atom. The summed E-state index contributed by atoms with van der Waals surface area (Å²) in [6, 6.07) is 0. The topological polar surface area (TPSA) is 54.4 Å². The fraction of sp³-hybridized carbons (Fsp3) is 0.778. The summed E-state index contributed by atoms with van der Waals surface area (Å²) < 4.78 is 0. The van der Waals surface area contributed by atoms with Gasteiger partial charge in [-0.2, -0.15) is 0 Å². The smallest absolute Gasteiger partial charge is 0.317 e. The molecule has 0 aromatic carbocycles. The summed E-state index contributed by atoms with van der Waals surface area (Å²) in [4.78, 5) is 22.5. The molecule has 0 saturated heterocycles. The van der Waals surface area contributed by atoms with Crippen molar-refractivity contribution in [3.63, 3.8) is 0 Å². The molecule has 0 heterocycles. The Hall–Kier alpha value is -0.860. The molecule has 0 aliphatic heterocycles. The summed E-state index contributed by atoms with van der Waals surface area (Å²) in [7, 11) is 0. The largest absolute Gasteiger partial charge is 0.480 e. The lowest BCUT2D eigenvalue weighted by Crippen LogP contribution is -2.41. The third kappa shape index (κ3) is 0.667. The zero-order chi connectivity index (χ0) is 8.93. The van der Waals surface area contributed by atoms with Crippen LogP contribution >= 0.6 is 0 Å². The molecule has 2 bridgehead atoms. The van der Waals surface area contributed by atoms with E-state index in [-0.39, 0.29) is 17.6 Å². The molecule has 2 rings (SSSR count). The monoisotopic (exact) mass is 168 g/mol. The van der Waals surface area contributed by atoms with E-state index in [9.17, 15) is 9.59 Å². The van der Waals surface area contributed by atoms with E-state index >= 15 is 0 Å². The van der Waals surface area contributed by atoms with Crippen LogP contribution in [0.15, 0.2) is 0 Å². The van der Waals surface area contributed by atoms with Crippen molar-refractivity contribution in [2.45, 2.75) is 26.2 Å². The zero-order valence-electron chi connectivity index (χ0n) is 7.04. The van der Waals surface area contributed by atoms with Crippen LogP contribution in [0.5, 0.6) is 0 Å². The number of carbonyl (C=O) groups excluding carboxylic acids is 1. The van der Waals surface area contributed by atoms with Gasteiger partial charge in [0.15, 0.2) is 5.78 Å². The molecule has 0 aromatic rings. The number of Topliss-reactive ketones (excluding diaryl/α,β-unsaturated/α-hetero) is 1. The number of aliphatic carboxylic acids is 1. The van der Waals surface area contributed by atoms with Crippen molar-refractivity contribution in [1.29, 1.82) is 0 Å². The molecule has 0 aromatic heterocycles. The fourth-order valence-corrected chi connectivity index (χ4v) is 2.65. The Bertz CT molecular complexity index is 258. The summed E-state index contributed by atoms with van der Waals surface area (Å²) >= 11 is 0. The van der Waals surface area contributed by atoms with Gasteiger partial charge in [0, 0.05) is 5.92 Å². The van der Waals surface area contributed by atoms with Gasteiger partial charge in [0.25, 0.3) is 0 Å². The minimum Gasteiger partial charge on any atom is -0.480 e. The first-order valence-electron chi connectivity index (χ1n) is 4.34. The maximum Gasteiger partial charge on any atom is 0.317 e. The van der Waals surface area contributed by atoms with Gasteiger partial charge in [-0.05, 0) is 32.1 Å². The normalized spacial score (nSPS) is 45.2. The lowest BCUT2D eigenvalue weighted by molar-refractivity contribution is -0.156. The predicted molar refractivity (Wildman–Crippen MR) is 41.6 cm³/mol. The van der Waals surface area contributed by atoms with Crippen LogP contribution in [0.25, 0.3) is 0 Å². The maximum absolute atomic E-state index is 11.5. The number of hydrogen-bond acceptors (Lipinski definition) is 2. The van der Waals surface area contributed by atoms with Crippen LogP contribution in [0.1, 0.15) is 26.2 Å². The minimum absolute atomic E-state index is 0.0359. The van der Waals surface area contributed by atoms with Gasteiger partial charge in [0.2, 0.25) is 0 Å². The molecule has 3 atom stereocenters. The van der Waals surface area contributed by atoms with Crippen LogP contribution in [0.4, 0.5) is 0 Å². The second kappa shape index (κ2) is 2.09. The van der Waals surface area contributed by atoms with Crippen LogP contribution in [0, 0.1) is 17.3 Å². The van der Waals surface area contributed by atoms with E-state index in [0.717, 1.165) is 19.3 Å². The minimum atomic E-state index is -1.05. The van der Waals surface area contributed by atoms with Crippen LogP contribution in [-0.2, 0) is 9.59 Å². The average molecular weight is 168 g/mol. The van der Waals surface area contributed by atoms with E-state index in [0.29, 0.717) is 0 Å². The highest BCUT2D eigenvalue weighted by molar-refractivity contribution is 6.06. The van der Waals surface area contributed by atoms with Crippen molar-refractivity contribution < 1.29 is 14.7 Å². The Morgan fingerprint density at radius 2 is 2.25 bits per heavy atom. The lowest BCUT2D eigenvalue weighted by Gasteiger charge is -2.27. The standard InChI is InChI=1S/C9H12O3/c1-9(8(11)12)6-3-2-5(4-6)7(9)10/h5-6H,2-4H2,1H3,(H,11,12). The van der Waals surface area contributed by atoms with Crippen LogP contribution < -0.4 is 0 Å². The molecule has 1 N–H and O–H groups in total. The molecule has 0 radical (unpaired) electrons. The maximum atomic E-state index is 11.5. The van der Waals surface area contributed by atoms with Gasteiger partial charge in [0.05, 0.1) is 0 Å². The number of carboxylic acids is 1. The molecule has 2 saturated carbocycles. The van der Waals surface area contributed by atoms with E-state index in [1.54, 1.807) is 6.92 Å². The second-order valence-electron chi connectivity index (χ2n) is 4.08. The molecule has 2 aliphatic rings. The molecule has 0 spiro atoms. The molecule has 3 nitrogen and oxygen atoms in total. The Kier molecular flexibility index (Phi) is 1.35. The average Bonchev–Trinajstić information content (AvgIpc) is 2.55. The molecular weight excluding hydrogens is 156 g/mol. The van der Waals surface area contributed by atoms with Gasteiger partial charge < -0.3 is 5.11 Å². The number of rotatable bonds is 1. The van der Waals surface area contributed by atoms with Crippen molar-refractivity contribution >= 4 is 11.8 Å². The molecule has 66 valence electrons. The SMILES string of the molecule is CC1(C(=O)O)C(=O)C2CCC1C2. The molecule has 0 amide bonds. The summed E-state index contributed by atoms with van der Waals surface area (Å²) in [5.41, 5.74) is -1.05. The molecule has 2 aliphatic carbocycles. The zero-order valence-corrected chi connectivity index (χ0v) is 7.04. The third-order valence-electron chi connectivity index (χ3n) is 3.58. The van der Waals surface area contributed by atoms with Gasteiger partial charge >= 0.3 is 5.97 Å². The first-order chi connectivity index (χ1) is 5.56. The first kappa shape index (κ1) is 7.77. The van der Waals surface area contributed by atoms with Crippen molar-refractivity contribution in [3.05, 3.63) is 0 Å². The Labute approximate surface area is 70.8 Å².